The summed E-state index contributed by atoms with van der Waals surface area (Å²) in [5, 5.41) is 3.11. The molecule has 0 radical (unpaired) electrons. The fourth-order valence-electron chi connectivity index (χ4n) is 4.04. The van der Waals surface area contributed by atoms with Crippen LogP contribution in [0.1, 0.15) is 44.1 Å². The zero-order valence-corrected chi connectivity index (χ0v) is 13.5. The Balaban J connectivity index is 1.52. The van der Waals surface area contributed by atoms with Crippen molar-refractivity contribution in [2.24, 2.45) is 11.8 Å². The monoisotopic (exact) mass is 312 g/mol. The number of nitrogens with one attached hydrogen (secondary N) is 1. The molecule has 4 rings (SSSR count). The number of hydrogen-bond acceptors (Lipinski definition) is 2. The van der Waals surface area contributed by atoms with Crippen LogP contribution < -0.4 is 10.2 Å². The molecule has 2 fully saturated rings. The molecule has 0 saturated heterocycles. The zero-order valence-electron chi connectivity index (χ0n) is 13.5. The van der Waals surface area contributed by atoms with Crippen molar-refractivity contribution in [3.8, 4) is 0 Å². The van der Waals surface area contributed by atoms with E-state index >= 15 is 0 Å². The van der Waals surface area contributed by atoms with Crippen LogP contribution in [0.4, 0.5) is 5.69 Å². The molecule has 4 nitrogen and oxygen atoms in total. The summed E-state index contributed by atoms with van der Waals surface area (Å²) in [4.78, 5) is 27.6. The summed E-state index contributed by atoms with van der Waals surface area (Å²) in [7, 11) is 0. The number of hydrogen-bond donors (Lipinski definition) is 1. The zero-order chi connectivity index (χ0) is 15.8. The van der Waals surface area contributed by atoms with Crippen LogP contribution >= 0.6 is 0 Å². The quantitative estimate of drug-likeness (QED) is 0.933. The lowest BCUT2D eigenvalue weighted by Gasteiger charge is -2.32. The molecule has 2 atom stereocenters. The summed E-state index contributed by atoms with van der Waals surface area (Å²) in [6.45, 7) is 0.756. The van der Waals surface area contributed by atoms with Crippen molar-refractivity contribution in [2.75, 3.05) is 11.4 Å². The number of amides is 2. The van der Waals surface area contributed by atoms with E-state index in [4.69, 9.17) is 0 Å². The molecule has 2 amide bonds. The Morgan fingerprint density at radius 1 is 1.00 bits per heavy atom. The third-order valence-electron chi connectivity index (χ3n) is 5.50. The minimum atomic E-state index is -0.145. The van der Waals surface area contributed by atoms with Crippen LogP contribution in [-0.4, -0.2) is 24.4 Å². The third-order valence-corrected chi connectivity index (χ3v) is 5.50. The van der Waals surface area contributed by atoms with E-state index in [1.165, 1.54) is 5.56 Å². The molecule has 3 aliphatic rings. The van der Waals surface area contributed by atoms with Gasteiger partial charge in [0.2, 0.25) is 11.8 Å². The molecule has 0 aromatic heterocycles. The SMILES string of the molecule is O=C(NC1CC1)[C@H]1CCCC[C@H]1C(=O)N1CCc2ccccc21. The average molecular weight is 312 g/mol. The van der Waals surface area contributed by atoms with Crippen LogP contribution in [0, 0.1) is 11.8 Å². The van der Waals surface area contributed by atoms with Crippen molar-refractivity contribution in [1.29, 1.82) is 0 Å². The number of fused-ring (bicyclic) bond motifs is 1. The molecule has 4 heteroatoms. The van der Waals surface area contributed by atoms with Gasteiger partial charge >= 0.3 is 0 Å². The molecule has 2 saturated carbocycles. The molecule has 122 valence electrons. The first kappa shape index (κ1) is 14.7. The minimum absolute atomic E-state index is 0.109. The standard InChI is InChI=1S/C19H24N2O2/c22-18(20-14-9-10-14)15-6-2-3-7-16(15)19(23)21-12-11-13-5-1-4-8-17(13)21/h1,4-5,8,14-16H,2-3,6-7,9-12H2,(H,20,22)/t15-,16+/m0/s1. The summed E-state index contributed by atoms with van der Waals surface area (Å²) in [5.74, 6) is -0.0121. The Morgan fingerprint density at radius 2 is 1.74 bits per heavy atom. The van der Waals surface area contributed by atoms with Crippen molar-refractivity contribution in [2.45, 2.75) is 51.0 Å². The Labute approximate surface area is 137 Å². The molecular formula is C19H24N2O2. The van der Waals surface area contributed by atoms with Gasteiger partial charge in [-0.2, -0.15) is 0 Å². The maximum atomic E-state index is 13.1. The lowest BCUT2D eigenvalue weighted by molar-refractivity contribution is -0.135. The number of benzene rings is 1. The Bertz CT molecular complexity index is 624. The van der Waals surface area contributed by atoms with Crippen LogP contribution in [0.3, 0.4) is 0 Å². The van der Waals surface area contributed by atoms with Gasteiger partial charge in [-0.3, -0.25) is 9.59 Å². The number of para-hydroxylation sites is 1. The van der Waals surface area contributed by atoms with Crippen LogP contribution in [-0.2, 0) is 16.0 Å². The number of carbonyl (C=O) groups excluding carboxylic acids is 2. The van der Waals surface area contributed by atoms with Gasteiger partial charge in [0.25, 0.3) is 0 Å². The van der Waals surface area contributed by atoms with Crippen LogP contribution in [0.5, 0.6) is 0 Å². The third kappa shape index (κ3) is 2.87. The summed E-state index contributed by atoms with van der Waals surface area (Å²) in [5.41, 5.74) is 2.29. The summed E-state index contributed by atoms with van der Waals surface area (Å²) < 4.78 is 0. The second-order valence-electron chi connectivity index (χ2n) is 7.15. The van der Waals surface area contributed by atoms with Crippen molar-refractivity contribution in [3.05, 3.63) is 29.8 Å². The molecule has 1 heterocycles. The predicted molar refractivity (Wildman–Crippen MR) is 89.1 cm³/mol. The Morgan fingerprint density at radius 3 is 2.52 bits per heavy atom. The minimum Gasteiger partial charge on any atom is -0.353 e. The van der Waals surface area contributed by atoms with Gasteiger partial charge < -0.3 is 10.2 Å². The van der Waals surface area contributed by atoms with E-state index in [1.807, 2.05) is 23.1 Å². The second-order valence-corrected chi connectivity index (χ2v) is 7.15. The summed E-state index contributed by atoms with van der Waals surface area (Å²) in [6, 6.07) is 8.51. The number of carbonyl (C=O) groups is 2. The number of nitrogens with zero attached hydrogens (tertiary/aromatic N) is 1. The average Bonchev–Trinajstić information content (AvgIpc) is 3.30. The number of rotatable bonds is 3. The molecule has 23 heavy (non-hydrogen) atoms. The lowest BCUT2D eigenvalue weighted by atomic mass is 9.77. The molecular weight excluding hydrogens is 288 g/mol. The van der Waals surface area contributed by atoms with Gasteiger partial charge in [-0.25, -0.2) is 0 Å². The molecule has 0 spiro atoms. The van der Waals surface area contributed by atoms with Crippen molar-refractivity contribution >= 4 is 17.5 Å². The maximum Gasteiger partial charge on any atom is 0.230 e. The van der Waals surface area contributed by atoms with Gasteiger partial charge in [0, 0.05) is 24.2 Å². The molecule has 0 bridgehead atoms. The van der Waals surface area contributed by atoms with E-state index in [1.54, 1.807) is 0 Å². The highest BCUT2D eigenvalue weighted by Crippen LogP contribution is 2.36. The van der Waals surface area contributed by atoms with Crippen molar-refractivity contribution in [3.63, 3.8) is 0 Å². The number of anilines is 1. The molecule has 1 aromatic rings. The van der Waals surface area contributed by atoms with E-state index in [9.17, 15) is 9.59 Å². The second kappa shape index (κ2) is 5.99. The fraction of sp³-hybridized carbons (Fsp3) is 0.579. The van der Waals surface area contributed by atoms with Gasteiger partial charge in [-0.05, 0) is 43.7 Å². The predicted octanol–water partition coefficient (Wildman–Crippen LogP) is 2.66. The molecule has 1 aliphatic heterocycles. The first-order valence-corrected chi connectivity index (χ1v) is 8.93. The van der Waals surface area contributed by atoms with E-state index in [0.29, 0.717) is 6.04 Å². The highest BCUT2D eigenvalue weighted by atomic mass is 16.2. The smallest absolute Gasteiger partial charge is 0.230 e. The van der Waals surface area contributed by atoms with Gasteiger partial charge in [0.15, 0.2) is 0 Å². The van der Waals surface area contributed by atoms with Crippen LogP contribution in [0.25, 0.3) is 0 Å². The van der Waals surface area contributed by atoms with Crippen LogP contribution in [0.2, 0.25) is 0 Å². The van der Waals surface area contributed by atoms with Crippen molar-refractivity contribution < 1.29 is 9.59 Å². The fourth-order valence-corrected chi connectivity index (χ4v) is 4.04. The molecule has 0 unspecified atom stereocenters. The normalized spacial score (nSPS) is 26.7. The van der Waals surface area contributed by atoms with E-state index in [2.05, 4.69) is 11.4 Å². The Hall–Kier alpha value is -1.84. The maximum absolute atomic E-state index is 13.1. The lowest BCUT2D eigenvalue weighted by Crippen LogP contribution is -2.45. The summed E-state index contributed by atoms with van der Waals surface area (Å²) >= 11 is 0. The largest absolute Gasteiger partial charge is 0.353 e. The Kier molecular flexibility index (Phi) is 3.83. The topological polar surface area (TPSA) is 49.4 Å². The van der Waals surface area contributed by atoms with Gasteiger partial charge in [0.05, 0.1) is 5.92 Å². The molecule has 1 N–H and O–H groups in total. The van der Waals surface area contributed by atoms with E-state index < -0.39 is 0 Å². The van der Waals surface area contributed by atoms with E-state index in [-0.39, 0.29) is 23.7 Å². The van der Waals surface area contributed by atoms with Gasteiger partial charge in [0.1, 0.15) is 0 Å². The van der Waals surface area contributed by atoms with E-state index in [0.717, 1.165) is 57.2 Å². The summed E-state index contributed by atoms with van der Waals surface area (Å²) in [6.07, 6.45) is 6.92. The highest BCUT2D eigenvalue weighted by molar-refractivity contribution is 5.99. The van der Waals surface area contributed by atoms with Crippen molar-refractivity contribution in [1.82, 2.24) is 5.32 Å². The molecule has 2 aliphatic carbocycles. The van der Waals surface area contributed by atoms with Gasteiger partial charge in [-0.1, -0.05) is 31.0 Å². The first-order chi connectivity index (χ1) is 11.2. The molecule has 1 aromatic carbocycles. The van der Waals surface area contributed by atoms with Crippen LogP contribution in [0.15, 0.2) is 24.3 Å². The first-order valence-electron chi connectivity index (χ1n) is 8.93. The van der Waals surface area contributed by atoms with Gasteiger partial charge in [-0.15, -0.1) is 0 Å². The highest BCUT2D eigenvalue weighted by Gasteiger charge is 2.40.